The summed E-state index contributed by atoms with van der Waals surface area (Å²) >= 11 is 0. The monoisotopic (exact) mass is 176 g/mol. The summed E-state index contributed by atoms with van der Waals surface area (Å²) in [6, 6.07) is 0. The second-order valence-electron chi connectivity index (χ2n) is 3.14. The van der Waals surface area contributed by atoms with Crippen molar-refractivity contribution in [1.82, 2.24) is 9.80 Å². The number of aliphatic hydroxyl groups excluding tert-OH is 2. The second kappa shape index (κ2) is 7.49. The van der Waals surface area contributed by atoms with Crippen LogP contribution in [0.2, 0.25) is 0 Å². The maximum Gasteiger partial charge on any atom is 0.0558 e. The van der Waals surface area contributed by atoms with Gasteiger partial charge in [0.15, 0.2) is 0 Å². The zero-order chi connectivity index (χ0) is 9.40. The molecule has 0 bridgehead atoms. The predicted molar refractivity (Wildman–Crippen MR) is 48.9 cm³/mol. The molecule has 0 amide bonds. The lowest BCUT2D eigenvalue weighted by atomic mass is 10.4. The number of nitrogens with zero attached hydrogens (tertiary/aromatic N) is 2. The fourth-order valence-corrected chi connectivity index (χ4v) is 1.09. The average Bonchev–Trinajstić information content (AvgIpc) is 2.00. The lowest BCUT2D eigenvalue weighted by molar-refractivity contribution is 0.131. The molecular formula is C8H20N2O2. The largest absolute Gasteiger partial charge is 0.396 e. The molecule has 2 N–H and O–H groups in total. The summed E-state index contributed by atoms with van der Waals surface area (Å²) in [7, 11) is 3.98. The highest BCUT2D eigenvalue weighted by Crippen LogP contribution is 1.91. The van der Waals surface area contributed by atoms with Crippen molar-refractivity contribution in [3.63, 3.8) is 0 Å². The average molecular weight is 176 g/mol. The molecule has 0 aromatic rings. The zero-order valence-electron chi connectivity index (χ0n) is 8.03. The highest BCUT2D eigenvalue weighted by molar-refractivity contribution is 4.55. The van der Waals surface area contributed by atoms with Crippen LogP contribution < -0.4 is 0 Å². The fraction of sp³-hybridized carbons (Fsp3) is 1.00. The Hall–Kier alpha value is -0.160. The van der Waals surface area contributed by atoms with E-state index in [4.69, 9.17) is 10.2 Å². The predicted octanol–water partition coefficient (Wildman–Crippen LogP) is -0.818. The topological polar surface area (TPSA) is 46.9 Å². The van der Waals surface area contributed by atoms with Gasteiger partial charge >= 0.3 is 0 Å². The van der Waals surface area contributed by atoms with Crippen molar-refractivity contribution in [2.75, 3.05) is 47.1 Å². The summed E-state index contributed by atoms with van der Waals surface area (Å²) in [5, 5.41) is 17.3. The lowest BCUT2D eigenvalue weighted by Crippen LogP contribution is -2.36. The van der Waals surface area contributed by atoms with Crippen molar-refractivity contribution >= 4 is 0 Å². The number of aliphatic hydroxyl groups is 2. The summed E-state index contributed by atoms with van der Waals surface area (Å²) in [6.45, 7) is 2.75. The van der Waals surface area contributed by atoms with E-state index in [9.17, 15) is 0 Å². The molecular weight excluding hydrogens is 156 g/mol. The van der Waals surface area contributed by atoms with E-state index in [2.05, 4.69) is 4.90 Å². The summed E-state index contributed by atoms with van der Waals surface area (Å²) in [6.07, 6.45) is 0.772. The zero-order valence-corrected chi connectivity index (χ0v) is 8.03. The molecule has 4 heteroatoms. The standard InChI is InChI=1S/C8H20N2O2/c1-9(2)8-10(5-7-12)4-3-6-11/h11-12H,3-8H2,1-2H3. The molecule has 0 aliphatic rings. The Balaban J connectivity index is 3.54. The summed E-state index contributed by atoms with van der Waals surface area (Å²) in [5.74, 6) is 0. The van der Waals surface area contributed by atoms with Crippen molar-refractivity contribution in [3.8, 4) is 0 Å². The molecule has 0 heterocycles. The smallest absolute Gasteiger partial charge is 0.0558 e. The SMILES string of the molecule is CN(C)CN(CCO)CCCO. The third-order valence-corrected chi connectivity index (χ3v) is 1.53. The summed E-state index contributed by atoms with van der Waals surface area (Å²) in [4.78, 5) is 4.16. The van der Waals surface area contributed by atoms with Crippen molar-refractivity contribution in [1.29, 1.82) is 0 Å². The fourth-order valence-electron chi connectivity index (χ4n) is 1.09. The van der Waals surface area contributed by atoms with Crippen LogP contribution in [0.4, 0.5) is 0 Å². The Labute approximate surface area is 74.4 Å². The van der Waals surface area contributed by atoms with Gasteiger partial charge in [0.2, 0.25) is 0 Å². The van der Waals surface area contributed by atoms with E-state index in [0.29, 0.717) is 6.54 Å². The van der Waals surface area contributed by atoms with Crippen LogP contribution in [-0.2, 0) is 0 Å². The highest BCUT2D eigenvalue weighted by Gasteiger charge is 2.03. The van der Waals surface area contributed by atoms with Gasteiger partial charge in [0.1, 0.15) is 0 Å². The maximum atomic E-state index is 8.73. The van der Waals surface area contributed by atoms with E-state index in [1.54, 1.807) is 0 Å². The van der Waals surface area contributed by atoms with Gasteiger partial charge in [-0.1, -0.05) is 0 Å². The van der Waals surface area contributed by atoms with E-state index in [0.717, 1.165) is 19.6 Å². The van der Waals surface area contributed by atoms with Gasteiger partial charge in [-0.15, -0.1) is 0 Å². The molecule has 0 aromatic heterocycles. The van der Waals surface area contributed by atoms with E-state index in [1.807, 2.05) is 19.0 Å². The summed E-state index contributed by atoms with van der Waals surface area (Å²) in [5.41, 5.74) is 0. The number of hydrogen-bond acceptors (Lipinski definition) is 4. The molecule has 4 nitrogen and oxygen atoms in total. The molecule has 0 saturated heterocycles. The third kappa shape index (κ3) is 6.54. The van der Waals surface area contributed by atoms with E-state index < -0.39 is 0 Å². The first-order valence-corrected chi connectivity index (χ1v) is 4.29. The molecule has 12 heavy (non-hydrogen) atoms. The highest BCUT2D eigenvalue weighted by atomic mass is 16.3. The van der Waals surface area contributed by atoms with Gasteiger partial charge in [0.05, 0.1) is 13.3 Å². The van der Waals surface area contributed by atoms with Gasteiger partial charge in [-0.3, -0.25) is 9.80 Å². The van der Waals surface area contributed by atoms with Crippen LogP contribution in [0.1, 0.15) is 6.42 Å². The van der Waals surface area contributed by atoms with Crippen LogP contribution in [0.5, 0.6) is 0 Å². The molecule has 0 radical (unpaired) electrons. The van der Waals surface area contributed by atoms with Gasteiger partial charge in [-0.25, -0.2) is 0 Å². The second-order valence-corrected chi connectivity index (χ2v) is 3.14. The van der Waals surface area contributed by atoms with Crippen molar-refractivity contribution in [3.05, 3.63) is 0 Å². The van der Waals surface area contributed by atoms with Gasteiger partial charge in [0.25, 0.3) is 0 Å². The van der Waals surface area contributed by atoms with Crippen molar-refractivity contribution in [2.24, 2.45) is 0 Å². The Bertz CT molecular complexity index is 99.1. The molecule has 0 saturated carbocycles. The minimum Gasteiger partial charge on any atom is -0.396 e. The van der Waals surface area contributed by atoms with Crippen LogP contribution in [0, 0.1) is 0 Å². The van der Waals surface area contributed by atoms with E-state index >= 15 is 0 Å². The van der Waals surface area contributed by atoms with Crippen LogP contribution >= 0.6 is 0 Å². The minimum atomic E-state index is 0.180. The van der Waals surface area contributed by atoms with Gasteiger partial charge in [0, 0.05) is 19.7 Å². The number of hydrogen-bond donors (Lipinski definition) is 2. The molecule has 0 unspecified atom stereocenters. The Morgan fingerprint density at radius 1 is 1.00 bits per heavy atom. The molecule has 0 rings (SSSR count). The quantitative estimate of drug-likeness (QED) is 0.498. The van der Waals surface area contributed by atoms with Crippen molar-refractivity contribution in [2.45, 2.75) is 6.42 Å². The van der Waals surface area contributed by atoms with Crippen molar-refractivity contribution < 1.29 is 10.2 Å². The normalized spacial score (nSPS) is 11.5. The Kier molecular flexibility index (Phi) is 7.39. The van der Waals surface area contributed by atoms with Gasteiger partial charge < -0.3 is 10.2 Å². The molecule has 0 aliphatic heterocycles. The molecule has 74 valence electrons. The minimum absolute atomic E-state index is 0.180. The van der Waals surface area contributed by atoms with Gasteiger partial charge in [-0.2, -0.15) is 0 Å². The maximum absolute atomic E-state index is 8.73. The third-order valence-electron chi connectivity index (χ3n) is 1.53. The Morgan fingerprint density at radius 2 is 1.67 bits per heavy atom. The molecule has 0 atom stereocenters. The molecule has 0 spiro atoms. The van der Waals surface area contributed by atoms with E-state index in [1.165, 1.54) is 0 Å². The molecule has 0 aliphatic carbocycles. The number of rotatable bonds is 7. The first-order valence-electron chi connectivity index (χ1n) is 4.29. The van der Waals surface area contributed by atoms with Crippen LogP contribution in [-0.4, -0.2) is 67.1 Å². The summed E-state index contributed by atoms with van der Waals surface area (Å²) < 4.78 is 0. The first kappa shape index (κ1) is 11.8. The molecule has 0 aromatic carbocycles. The van der Waals surface area contributed by atoms with E-state index in [-0.39, 0.29) is 13.2 Å². The van der Waals surface area contributed by atoms with Gasteiger partial charge in [-0.05, 0) is 20.5 Å². The van der Waals surface area contributed by atoms with Crippen LogP contribution in [0.25, 0.3) is 0 Å². The van der Waals surface area contributed by atoms with Crippen LogP contribution in [0.3, 0.4) is 0 Å². The Morgan fingerprint density at radius 3 is 2.08 bits per heavy atom. The van der Waals surface area contributed by atoms with Crippen LogP contribution in [0.15, 0.2) is 0 Å². The molecule has 0 fully saturated rings. The first-order chi connectivity index (χ1) is 5.70. The lowest BCUT2D eigenvalue weighted by Gasteiger charge is -2.24.